The number of hydrogen-bond donors (Lipinski definition) is 0. The quantitative estimate of drug-likeness (QED) is 0.279. The van der Waals surface area contributed by atoms with E-state index >= 15 is 0 Å². The summed E-state index contributed by atoms with van der Waals surface area (Å²) in [6, 6.07) is 0. The Balaban J connectivity index is 2.89. The molecule has 0 aromatic carbocycles. The number of rotatable bonds is 17. The van der Waals surface area contributed by atoms with Crippen LogP contribution in [0.3, 0.4) is 0 Å². The molecule has 1 nitrogen and oxygen atoms in total. The van der Waals surface area contributed by atoms with Crippen LogP contribution in [-0.2, 0) is 4.74 Å². The first kappa shape index (κ1) is 19.9. The third-order valence-corrected chi connectivity index (χ3v) is 3.86. The van der Waals surface area contributed by atoms with E-state index in [4.69, 9.17) is 4.74 Å². The molecule has 20 heavy (non-hydrogen) atoms. The minimum absolute atomic E-state index is 0.276. The first-order valence-corrected chi connectivity index (χ1v) is 9.05. The van der Waals surface area contributed by atoms with Crippen molar-refractivity contribution in [3.63, 3.8) is 0 Å². The summed E-state index contributed by atoms with van der Waals surface area (Å²) in [6.07, 6.45) is 19.2. The van der Waals surface area contributed by atoms with Crippen molar-refractivity contribution in [2.45, 2.75) is 96.8 Å². The number of unbranched alkanes of at least 4 members (excludes halogenated alkanes) is 13. The molecule has 0 heterocycles. The van der Waals surface area contributed by atoms with Crippen LogP contribution in [0, 0.1) is 0 Å². The summed E-state index contributed by atoms with van der Waals surface area (Å²) in [5.74, 6) is 0. The topological polar surface area (TPSA) is 9.23 Å². The van der Waals surface area contributed by atoms with Gasteiger partial charge in [-0.25, -0.2) is 4.39 Å². The standard InChI is InChI=1S/C18H37FO/c1-2-3-4-5-6-7-8-9-10-11-12-13-14-15-17-20-18-16-19/h2-18H2,1H3. The Morgan fingerprint density at radius 1 is 0.550 bits per heavy atom. The lowest BCUT2D eigenvalue weighted by Crippen LogP contribution is -1.97. The third-order valence-electron chi connectivity index (χ3n) is 3.86. The maximum Gasteiger partial charge on any atom is 0.113 e. The van der Waals surface area contributed by atoms with Crippen LogP contribution in [0.1, 0.15) is 96.8 Å². The highest BCUT2D eigenvalue weighted by atomic mass is 19.1. The van der Waals surface area contributed by atoms with Crippen LogP contribution < -0.4 is 0 Å². The second-order valence-corrected chi connectivity index (χ2v) is 5.90. The molecule has 0 aliphatic heterocycles. The molecule has 0 radical (unpaired) electrons. The Morgan fingerprint density at radius 3 is 1.35 bits per heavy atom. The van der Waals surface area contributed by atoms with Gasteiger partial charge in [0, 0.05) is 6.61 Å². The molecule has 0 amide bonds. The Bertz CT molecular complexity index is 143. The minimum atomic E-state index is -0.349. The molecule has 0 aromatic rings. The predicted octanol–water partition coefficient (Wildman–Crippen LogP) is 6.45. The number of alkyl halides is 1. The lowest BCUT2D eigenvalue weighted by atomic mass is 10.0. The fourth-order valence-corrected chi connectivity index (χ4v) is 2.56. The van der Waals surface area contributed by atoms with Crippen LogP contribution in [0.15, 0.2) is 0 Å². The molecule has 0 spiro atoms. The third kappa shape index (κ3) is 17.9. The fraction of sp³-hybridized carbons (Fsp3) is 1.00. The van der Waals surface area contributed by atoms with Gasteiger partial charge in [0.1, 0.15) is 6.67 Å². The van der Waals surface area contributed by atoms with Crippen molar-refractivity contribution < 1.29 is 9.13 Å². The van der Waals surface area contributed by atoms with E-state index in [-0.39, 0.29) is 13.3 Å². The van der Waals surface area contributed by atoms with E-state index in [0.29, 0.717) is 0 Å². The Kier molecular flexibility index (Phi) is 18.8. The monoisotopic (exact) mass is 288 g/mol. The molecule has 0 N–H and O–H groups in total. The van der Waals surface area contributed by atoms with Crippen LogP contribution in [-0.4, -0.2) is 19.9 Å². The summed E-state index contributed by atoms with van der Waals surface area (Å²) < 4.78 is 16.9. The summed E-state index contributed by atoms with van der Waals surface area (Å²) in [7, 11) is 0. The van der Waals surface area contributed by atoms with E-state index in [1.54, 1.807) is 0 Å². The normalized spacial score (nSPS) is 11.1. The van der Waals surface area contributed by atoms with E-state index in [2.05, 4.69) is 6.92 Å². The van der Waals surface area contributed by atoms with E-state index in [1.165, 1.54) is 83.5 Å². The Hall–Kier alpha value is -0.110. The van der Waals surface area contributed by atoms with Crippen molar-refractivity contribution in [3.05, 3.63) is 0 Å². The minimum Gasteiger partial charge on any atom is -0.379 e. The van der Waals surface area contributed by atoms with Crippen molar-refractivity contribution >= 4 is 0 Å². The first-order valence-electron chi connectivity index (χ1n) is 9.05. The van der Waals surface area contributed by atoms with Gasteiger partial charge in [-0.1, -0.05) is 90.4 Å². The summed E-state index contributed by atoms with van der Waals surface area (Å²) >= 11 is 0. The van der Waals surface area contributed by atoms with E-state index in [9.17, 15) is 4.39 Å². The average Bonchev–Trinajstić information content (AvgIpc) is 2.47. The van der Waals surface area contributed by atoms with Gasteiger partial charge in [-0.2, -0.15) is 0 Å². The zero-order valence-corrected chi connectivity index (χ0v) is 13.8. The van der Waals surface area contributed by atoms with Crippen LogP contribution >= 0.6 is 0 Å². The lowest BCUT2D eigenvalue weighted by molar-refractivity contribution is 0.115. The van der Waals surface area contributed by atoms with Crippen LogP contribution in [0.25, 0.3) is 0 Å². The zero-order valence-electron chi connectivity index (χ0n) is 13.8. The Labute approximate surface area is 126 Å². The van der Waals surface area contributed by atoms with Gasteiger partial charge in [-0.3, -0.25) is 0 Å². The van der Waals surface area contributed by atoms with Gasteiger partial charge in [0.25, 0.3) is 0 Å². The highest BCUT2D eigenvalue weighted by Gasteiger charge is 1.94. The van der Waals surface area contributed by atoms with Gasteiger partial charge in [-0.05, 0) is 6.42 Å². The Morgan fingerprint density at radius 2 is 0.950 bits per heavy atom. The second-order valence-electron chi connectivity index (χ2n) is 5.90. The number of ether oxygens (including phenoxy) is 1. The molecule has 0 saturated heterocycles. The van der Waals surface area contributed by atoms with Crippen molar-refractivity contribution in [3.8, 4) is 0 Å². The van der Waals surface area contributed by atoms with Crippen LogP contribution in [0.2, 0.25) is 0 Å². The molecule has 0 aliphatic rings. The maximum absolute atomic E-state index is 11.7. The van der Waals surface area contributed by atoms with Crippen molar-refractivity contribution in [1.29, 1.82) is 0 Å². The summed E-state index contributed by atoms with van der Waals surface area (Å²) in [5.41, 5.74) is 0. The van der Waals surface area contributed by atoms with Crippen LogP contribution in [0.5, 0.6) is 0 Å². The molecule has 0 bridgehead atoms. The molecule has 0 rings (SSSR count). The fourth-order valence-electron chi connectivity index (χ4n) is 2.56. The lowest BCUT2D eigenvalue weighted by Gasteiger charge is -2.03. The molecular weight excluding hydrogens is 251 g/mol. The molecule has 0 saturated carbocycles. The first-order chi connectivity index (χ1) is 9.91. The smallest absolute Gasteiger partial charge is 0.113 e. The molecule has 122 valence electrons. The predicted molar refractivity (Wildman–Crippen MR) is 87.1 cm³/mol. The van der Waals surface area contributed by atoms with E-state index < -0.39 is 0 Å². The van der Waals surface area contributed by atoms with E-state index in [1.807, 2.05) is 0 Å². The molecule has 2 heteroatoms. The van der Waals surface area contributed by atoms with Gasteiger partial charge in [0.2, 0.25) is 0 Å². The van der Waals surface area contributed by atoms with Gasteiger partial charge in [-0.15, -0.1) is 0 Å². The van der Waals surface area contributed by atoms with Gasteiger partial charge in [0.05, 0.1) is 6.61 Å². The SMILES string of the molecule is CCCCCCCCCCCCCCCCOCCF. The summed E-state index contributed by atoms with van der Waals surface area (Å²) in [5, 5.41) is 0. The van der Waals surface area contributed by atoms with Gasteiger partial charge in [0.15, 0.2) is 0 Å². The average molecular weight is 288 g/mol. The maximum atomic E-state index is 11.7. The van der Waals surface area contributed by atoms with Crippen LogP contribution in [0.4, 0.5) is 4.39 Å². The molecular formula is C18H37FO. The molecule has 0 aromatic heterocycles. The van der Waals surface area contributed by atoms with Crippen molar-refractivity contribution in [2.24, 2.45) is 0 Å². The highest BCUT2D eigenvalue weighted by Crippen LogP contribution is 2.12. The van der Waals surface area contributed by atoms with E-state index in [0.717, 1.165) is 13.0 Å². The molecule has 0 unspecified atom stereocenters. The zero-order chi connectivity index (χ0) is 14.7. The number of halogens is 1. The highest BCUT2D eigenvalue weighted by molar-refractivity contribution is 4.49. The van der Waals surface area contributed by atoms with Crippen molar-refractivity contribution in [1.82, 2.24) is 0 Å². The molecule has 0 fully saturated rings. The summed E-state index contributed by atoms with van der Waals surface area (Å²) in [6.45, 7) is 2.94. The van der Waals surface area contributed by atoms with Gasteiger partial charge >= 0.3 is 0 Å². The summed E-state index contributed by atoms with van der Waals surface area (Å²) in [4.78, 5) is 0. The number of hydrogen-bond acceptors (Lipinski definition) is 1. The van der Waals surface area contributed by atoms with Crippen molar-refractivity contribution in [2.75, 3.05) is 19.9 Å². The molecule has 0 aliphatic carbocycles. The molecule has 0 atom stereocenters. The largest absolute Gasteiger partial charge is 0.379 e. The van der Waals surface area contributed by atoms with Gasteiger partial charge < -0.3 is 4.74 Å². The second kappa shape index (κ2) is 18.9.